The summed E-state index contributed by atoms with van der Waals surface area (Å²) in [6, 6.07) is 2.59. The fourth-order valence-electron chi connectivity index (χ4n) is 2.53. The minimum absolute atomic E-state index is 0.110. The third-order valence-corrected chi connectivity index (χ3v) is 3.83. The molecular weight excluding hydrogens is 321 g/mol. The lowest BCUT2D eigenvalue weighted by atomic mass is 10.1. The number of amides is 1. The molecule has 0 bridgehead atoms. The number of anilines is 1. The highest BCUT2D eigenvalue weighted by Gasteiger charge is 2.32. The number of carbonyl (C=O) groups is 1. The van der Waals surface area contributed by atoms with Crippen LogP contribution in [0.25, 0.3) is 0 Å². The molecule has 2 aromatic heterocycles. The number of hydrogen-bond acceptors (Lipinski definition) is 4. The monoisotopic (exact) mass is 336 g/mol. The zero-order chi connectivity index (χ0) is 17.3. The number of nitrogens with zero attached hydrogens (tertiary/aromatic N) is 2. The van der Waals surface area contributed by atoms with Crippen molar-refractivity contribution >= 4 is 11.6 Å². The largest absolute Gasteiger partial charge is 0.417 e. The van der Waals surface area contributed by atoms with E-state index in [9.17, 15) is 18.0 Å². The standard InChI is InChI=1S/C16H15F3N4O/c1-9-13(5-11(7-21-9)16(17,18)19)15(24)23-12-4-10-6-20-3-2-14(10)22-8-12/h4-5,7-8,20H,2-3,6H2,1H3,(H,23,24). The molecule has 0 saturated heterocycles. The number of nitrogens with one attached hydrogen (secondary N) is 2. The average Bonchev–Trinajstić information content (AvgIpc) is 2.54. The fraction of sp³-hybridized carbons (Fsp3) is 0.312. The van der Waals surface area contributed by atoms with Gasteiger partial charge in [0.25, 0.3) is 5.91 Å². The molecule has 5 nitrogen and oxygen atoms in total. The lowest BCUT2D eigenvalue weighted by Gasteiger charge is -2.17. The van der Waals surface area contributed by atoms with Gasteiger partial charge in [-0.1, -0.05) is 0 Å². The van der Waals surface area contributed by atoms with Crippen LogP contribution in [0.4, 0.5) is 18.9 Å². The van der Waals surface area contributed by atoms with Crippen molar-refractivity contribution in [3.05, 3.63) is 52.6 Å². The van der Waals surface area contributed by atoms with Crippen LogP contribution in [0.1, 0.15) is 32.9 Å². The summed E-state index contributed by atoms with van der Waals surface area (Å²) < 4.78 is 38.4. The summed E-state index contributed by atoms with van der Waals surface area (Å²) in [5.74, 6) is -0.642. The van der Waals surface area contributed by atoms with Crippen LogP contribution in [-0.2, 0) is 19.1 Å². The second-order valence-electron chi connectivity index (χ2n) is 5.57. The van der Waals surface area contributed by atoms with Gasteiger partial charge in [-0.15, -0.1) is 0 Å². The van der Waals surface area contributed by atoms with Crippen LogP contribution in [0.2, 0.25) is 0 Å². The number of pyridine rings is 2. The first kappa shape index (κ1) is 16.4. The van der Waals surface area contributed by atoms with E-state index in [2.05, 4.69) is 20.6 Å². The van der Waals surface area contributed by atoms with E-state index in [1.165, 1.54) is 13.1 Å². The number of alkyl halides is 3. The van der Waals surface area contributed by atoms with Crippen molar-refractivity contribution in [2.24, 2.45) is 0 Å². The summed E-state index contributed by atoms with van der Waals surface area (Å²) in [6.07, 6.45) is -1.51. The number of aromatic nitrogens is 2. The molecule has 1 amide bonds. The Bertz CT molecular complexity index is 789. The third kappa shape index (κ3) is 3.38. The molecule has 3 rings (SSSR count). The van der Waals surface area contributed by atoms with Crippen LogP contribution >= 0.6 is 0 Å². The van der Waals surface area contributed by atoms with E-state index in [1.807, 2.05) is 0 Å². The van der Waals surface area contributed by atoms with Crippen LogP contribution in [0.5, 0.6) is 0 Å². The Morgan fingerprint density at radius 2 is 2.04 bits per heavy atom. The number of hydrogen-bond donors (Lipinski definition) is 2. The van der Waals surface area contributed by atoms with Gasteiger partial charge in [-0.2, -0.15) is 13.2 Å². The predicted molar refractivity (Wildman–Crippen MR) is 81.6 cm³/mol. The zero-order valence-corrected chi connectivity index (χ0v) is 12.9. The van der Waals surface area contributed by atoms with Gasteiger partial charge in [-0.3, -0.25) is 14.8 Å². The number of rotatable bonds is 2. The van der Waals surface area contributed by atoms with Gasteiger partial charge in [0.1, 0.15) is 0 Å². The summed E-state index contributed by atoms with van der Waals surface area (Å²) >= 11 is 0. The molecule has 3 heterocycles. The Hall–Kier alpha value is -2.48. The van der Waals surface area contributed by atoms with E-state index >= 15 is 0 Å². The second-order valence-corrected chi connectivity index (χ2v) is 5.57. The third-order valence-electron chi connectivity index (χ3n) is 3.83. The van der Waals surface area contributed by atoms with Crippen molar-refractivity contribution in [3.8, 4) is 0 Å². The quantitative estimate of drug-likeness (QED) is 0.885. The van der Waals surface area contributed by atoms with Crippen molar-refractivity contribution in [1.82, 2.24) is 15.3 Å². The van der Waals surface area contributed by atoms with Crippen molar-refractivity contribution < 1.29 is 18.0 Å². The molecule has 2 N–H and O–H groups in total. The van der Waals surface area contributed by atoms with Crippen LogP contribution in [0.3, 0.4) is 0 Å². The van der Waals surface area contributed by atoms with E-state index in [-0.39, 0.29) is 11.3 Å². The maximum Gasteiger partial charge on any atom is 0.417 e. The van der Waals surface area contributed by atoms with Crippen molar-refractivity contribution in [2.75, 3.05) is 11.9 Å². The molecule has 0 saturated carbocycles. The van der Waals surface area contributed by atoms with Gasteiger partial charge in [0.05, 0.1) is 28.7 Å². The van der Waals surface area contributed by atoms with Gasteiger partial charge in [-0.05, 0) is 24.6 Å². The van der Waals surface area contributed by atoms with Crippen LogP contribution in [0.15, 0.2) is 24.5 Å². The molecule has 126 valence electrons. The summed E-state index contributed by atoms with van der Waals surface area (Å²) in [6.45, 7) is 2.99. The first-order valence-electron chi connectivity index (χ1n) is 7.38. The van der Waals surface area contributed by atoms with Crippen molar-refractivity contribution in [1.29, 1.82) is 0 Å². The molecule has 0 aliphatic carbocycles. The Morgan fingerprint density at radius 3 is 2.79 bits per heavy atom. The molecule has 24 heavy (non-hydrogen) atoms. The van der Waals surface area contributed by atoms with Gasteiger partial charge < -0.3 is 10.6 Å². The van der Waals surface area contributed by atoms with Crippen molar-refractivity contribution in [2.45, 2.75) is 26.1 Å². The van der Waals surface area contributed by atoms with Gasteiger partial charge in [0.2, 0.25) is 0 Å². The molecule has 1 aliphatic heterocycles. The summed E-state index contributed by atoms with van der Waals surface area (Å²) in [7, 11) is 0. The SMILES string of the molecule is Cc1ncc(C(F)(F)F)cc1C(=O)Nc1cnc2c(c1)CNCC2. The molecule has 0 unspecified atom stereocenters. The number of halogens is 3. The molecule has 0 radical (unpaired) electrons. The molecule has 0 aromatic carbocycles. The number of aryl methyl sites for hydroxylation is 1. The van der Waals surface area contributed by atoms with E-state index in [0.29, 0.717) is 12.2 Å². The summed E-state index contributed by atoms with van der Waals surface area (Å²) in [5, 5.41) is 5.79. The Balaban J connectivity index is 1.85. The van der Waals surface area contributed by atoms with Crippen LogP contribution in [0, 0.1) is 6.92 Å². The lowest BCUT2D eigenvalue weighted by molar-refractivity contribution is -0.137. The first-order chi connectivity index (χ1) is 11.3. The minimum atomic E-state index is -4.55. The molecule has 0 fully saturated rings. The molecule has 8 heteroatoms. The fourth-order valence-corrected chi connectivity index (χ4v) is 2.53. The predicted octanol–water partition coefficient (Wildman–Crippen LogP) is 2.70. The van der Waals surface area contributed by atoms with Gasteiger partial charge in [0, 0.05) is 31.4 Å². The van der Waals surface area contributed by atoms with Crippen LogP contribution in [-0.4, -0.2) is 22.4 Å². The Kier molecular flexibility index (Phi) is 4.23. The zero-order valence-electron chi connectivity index (χ0n) is 12.9. The maximum atomic E-state index is 12.8. The number of carbonyl (C=O) groups excluding carboxylic acids is 1. The lowest BCUT2D eigenvalue weighted by Crippen LogP contribution is -2.25. The minimum Gasteiger partial charge on any atom is -0.321 e. The molecule has 0 atom stereocenters. The first-order valence-corrected chi connectivity index (χ1v) is 7.38. The van der Waals surface area contributed by atoms with Crippen molar-refractivity contribution in [3.63, 3.8) is 0 Å². The Labute approximate surface area is 136 Å². The molecular formula is C16H15F3N4O. The van der Waals surface area contributed by atoms with Gasteiger partial charge >= 0.3 is 6.18 Å². The Morgan fingerprint density at radius 1 is 1.25 bits per heavy atom. The highest BCUT2D eigenvalue weighted by Crippen LogP contribution is 2.29. The highest BCUT2D eigenvalue weighted by molar-refractivity contribution is 6.05. The van der Waals surface area contributed by atoms with Gasteiger partial charge in [-0.25, -0.2) is 0 Å². The van der Waals surface area contributed by atoms with E-state index in [0.717, 1.165) is 36.5 Å². The second kappa shape index (κ2) is 6.20. The summed E-state index contributed by atoms with van der Waals surface area (Å²) in [5.41, 5.74) is 1.54. The van der Waals surface area contributed by atoms with Gasteiger partial charge in [0.15, 0.2) is 0 Å². The van der Waals surface area contributed by atoms with Crippen LogP contribution < -0.4 is 10.6 Å². The molecule has 0 spiro atoms. The van der Waals surface area contributed by atoms with E-state index in [1.54, 1.807) is 6.07 Å². The smallest absolute Gasteiger partial charge is 0.321 e. The summed E-state index contributed by atoms with van der Waals surface area (Å²) in [4.78, 5) is 20.3. The topological polar surface area (TPSA) is 66.9 Å². The normalized spacial score (nSPS) is 14.2. The molecule has 2 aromatic rings. The van der Waals surface area contributed by atoms with E-state index < -0.39 is 17.6 Å². The van der Waals surface area contributed by atoms with E-state index in [4.69, 9.17) is 0 Å². The molecule has 1 aliphatic rings. The highest BCUT2D eigenvalue weighted by atomic mass is 19.4. The number of fused-ring (bicyclic) bond motifs is 1. The maximum absolute atomic E-state index is 12.8. The average molecular weight is 336 g/mol.